The normalized spacial score (nSPS) is 21.4. The van der Waals surface area contributed by atoms with Crippen LogP contribution in [-0.4, -0.2) is 17.5 Å². The lowest BCUT2D eigenvalue weighted by molar-refractivity contribution is -0.0845. The highest BCUT2D eigenvalue weighted by molar-refractivity contribution is 5.82. The molecule has 2 heteroatoms. The molecule has 1 aliphatic rings. The maximum Gasteiger partial charge on any atom is 0.163 e. The van der Waals surface area contributed by atoms with Gasteiger partial charge < -0.3 is 9.47 Å². The summed E-state index contributed by atoms with van der Waals surface area (Å²) in [6, 6.07) is 15.0. The maximum absolute atomic E-state index is 6.06. The summed E-state index contributed by atoms with van der Waals surface area (Å²) in [5, 5.41) is 2.53. The molecule has 0 bridgehead atoms. The van der Waals surface area contributed by atoms with Gasteiger partial charge in [0.1, 0.15) is 0 Å². The summed E-state index contributed by atoms with van der Waals surface area (Å²) in [6.07, 6.45) is 0.624. The van der Waals surface area contributed by atoms with E-state index in [0.717, 1.165) is 6.42 Å². The summed E-state index contributed by atoms with van der Waals surface area (Å²) in [6.45, 7) is 8.36. The van der Waals surface area contributed by atoms with Crippen LogP contribution in [0.25, 0.3) is 10.8 Å². The number of fused-ring (bicyclic) bond motifs is 1. The summed E-state index contributed by atoms with van der Waals surface area (Å²) in [7, 11) is 0. The van der Waals surface area contributed by atoms with E-state index in [1.807, 2.05) is 0 Å². The van der Waals surface area contributed by atoms with E-state index in [4.69, 9.17) is 9.47 Å². The molecule has 0 radical (unpaired) electrons. The first kappa shape index (κ1) is 13.6. The van der Waals surface area contributed by atoms with Crippen molar-refractivity contribution in [3.8, 4) is 0 Å². The maximum atomic E-state index is 6.06. The molecule has 0 N–H and O–H groups in total. The van der Waals surface area contributed by atoms with Gasteiger partial charge in [-0.15, -0.1) is 0 Å². The Hall–Kier alpha value is -1.38. The zero-order valence-electron chi connectivity index (χ0n) is 12.6. The average molecular weight is 270 g/mol. The fourth-order valence-corrected chi connectivity index (χ4v) is 2.61. The van der Waals surface area contributed by atoms with Crippen LogP contribution < -0.4 is 0 Å². The summed E-state index contributed by atoms with van der Waals surface area (Å²) in [5.74, 6) is 0. The van der Waals surface area contributed by atoms with Crippen LogP contribution in [0.5, 0.6) is 0 Å². The van der Waals surface area contributed by atoms with Crippen molar-refractivity contribution in [2.75, 3.05) is 0 Å². The Morgan fingerprint density at radius 1 is 0.850 bits per heavy atom. The van der Waals surface area contributed by atoms with E-state index in [-0.39, 0.29) is 17.5 Å². The quantitative estimate of drug-likeness (QED) is 0.809. The molecule has 20 heavy (non-hydrogen) atoms. The van der Waals surface area contributed by atoms with Crippen molar-refractivity contribution in [3.63, 3.8) is 0 Å². The van der Waals surface area contributed by atoms with Crippen LogP contribution in [0.4, 0.5) is 0 Å². The number of ether oxygens (including phenoxy) is 2. The van der Waals surface area contributed by atoms with Crippen molar-refractivity contribution in [1.82, 2.24) is 0 Å². The van der Waals surface area contributed by atoms with Gasteiger partial charge in [-0.25, -0.2) is 0 Å². The first-order chi connectivity index (χ1) is 9.37. The Morgan fingerprint density at radius 2 is 1.45 bits per heavy atom. The molecule has 0 spiro atoms. The zero-order chi connectivity index (χ0) is 14.4. The minimum absolute atomic E-state index is 0.166. The molecule has 0 aliphatic carbocycles. The highest BCUT2D eigenvalue weighted by Crippen LogP contribution is 2.39. The molecule has 2 aromatic rings. The van der Waals surface area contributed by atoms with Crippen molar-refractivity contribution >= 4 is 10.8 Å². The third kappa shape index (κ3) is 2.34. The number of hydrogen-bond donors (Lipinski definition) is 0. The van der Waals surface area contributed by atoms with Gasteiger partial charge in [0.25, 0.3) is 0 Å². The largest absolute Gasteiger partial charge is 0.343 e. The summed E-state index contributed by atoms with van der Waals surface area (Å²) in [5.41, 5.74) is 0.741. The molecule has 0 atom stereocenters. The summed E-state index contributed by atoms with van der Waals surface area (Å²) in [4.78, 5) is 0. The average Bonchev–Trinajstić information content (AvgIpc) is 2.57. The highest BCUT2D eigenvalue weighted by atomic mass is 16.7. The van der Waals surface area contributed by atoms with Gasteiger partial charge in [-0.2, -0.15) is 0 Å². The van der Waals surface area contributed by atoms with Gasteiger partial charge in [0.05, 0.1) is 11.2 Å². The topological polar surface area (TPSA) is 18.5 Å². The summed E-state index contributed by atoms with van der Waals surface area (Å²) < 4.78 is 12.1. The lowest BCUT2D eigenvalue weighted by atomic mass is 9.90. The molecule has 3 rings (SSSR count). The Balaban J connectivity index is 1.81. The lowest BCUT2D eigenvalue weighted by Gasteiger charge is -2.30. The van der Waals surface area contributed by atoms with Crippen molar-refractivity contribution in [3.05, 3.63) is 48.0 Å². The fourth-order valence-electron chi connectivity index (χ4n) is 2.61. The van der Waals surface area contributed by atoms with Gasteiger partial charge in [0, 0.05) is 6.42 Å². The van der Waals surface area contributed by atoms with Crippen molar-refractivity contribution in [2.24, 2.45) is 0 Å². The van der Waals surface area contributed by atoms with Gasteiger partial charge in [0.15, 0.2) is 6.29 Å². The second-order valence-electron chi connectivity index (χ2n) is 6.57. The van der Waals surface area contributed by atoms with Crippen molar-refractivity contribution < 1.29 is 9.47 Å². The zero-order valence-corrected chi connectivity index (χ0v) is 12.6. The number of hydrogen-bond acceptors (Lipinski definition) is 2. The van der Waals surface area contributed by atoms with Crippen LogP contribution in [-0.2, 0) is 15.9 Å². The van der Waals surface area contributed by atoms with Crippen molar-refractivity contribution in [1.29, 1.82) is 0 Å². The van der Waals surface area contributed by atoms with Gasteiger partial charge in [-0.05, 0) is 44.0 Å². The van der Waals surface area contributed by atoms with Gasteiger partial charge in [-0.1, -0.05) is 42.5 Å². The predicted octanol–water partition coefficient (Wildman–Crippen LogP) is 4.31. The first-order valence-electron chi connectivity index (χ1n) is 7.21. The first-order valence-corrected chi connectivity index (χ1v) is 7.21. The molecule has 0 amide bonds. The fraction of sp³-hybridized carbons (Fsp3) is 0.444. The highest BCUT2D eigenvalue weighted by Gasteiger charge is 2.48. The Labute approximate surface area is 120 Å². The van der Waals surface area contributed by atoms with E-state index in [1.54, 1.807) is 0 Å². The van der Waals surface area contributed by atoms with E-state index in [0.29, 0.717) is 0 Å². The second-order valence-corrected chi connectivity index (χ2v) is 6.57. The van der Waals surface area contributed by atoms with E-state index >= 15 is 0 Å². The smallest absolute Gasteiger partial charge is 0.163 e. The monoisotopic (exact) mass is 270 g/mol. The number of rotatable bonds is 2. The van der Waals surface area contributed by atoms with Crippen LogP contribution in [0.3, 0.4) is 0 Å². The van der Waals surface area contributed by atoms with Gasteiger partial charge >= 0.3 is 0 Å². The predicted molar refractivity (Wildman–Crippen MR) is 81.8 cm³/mol. The van der Waals surface area contributed by atoms with Crippen molar-refractivity contribution in [2.45, 2.75) is 51.6 Å². The Kier molecular flexibility index (Phi) is 3.11. The van der Waals surface area contributed by atoms with Crippen LogP contribution >= 0.6 is 0 Å². The molecule has 1 saturated heterocycles. The third-order valence-corrected chi connectivity index (χ3v) is 4.52. The molecule has 0 aromatic heterocycles. The van der Waals surface area contributed by atoms with Crippen LogP contribution in [0, 0.1) is 0 Å². The molecule has 0 saturated carbocycles. The van der Waals surface area contributed by atoms with E-state index < -0.39 is 0 Å². The molecule has 106 valence electrons. The molecule has 1 fully saturated rings. The van der Waals surface area contributed by atoms with E-state index in [9.17, 15) is 0 Å². The molecular weight excluding hydrogens is 248 g/mol. The SMILES string of the molecule is CC1(C)OC(Cc2ccc3ccccc3c2)OC1(C)C. The van der Waals surface area contributed by atoms with Gasteiger partial charge in [-0.3, -0.25) is 0 Å². The lowest BCUT2D eigenvalue weighted by Crippen LogP contribution is -2.41. The molecule has 2 aromatic carbocycles. The van der Waals surface area contributed by atoms with Crippen LogP contribution in [0.15, 0.2) is 42.5 Å². The van der Waals surface area contributed by atoms with E-state index in [1.165, 1.54) is 16.3 Å². The Morgan fingerprint density at radius 3 is 2.10 bits per heavy atom. The molecule has 2 nitrogen and oxygen atoms in total. The summed E-state index contributed by atoms with van der Waals surface area (Å²) >= 11 is 0. The molecular formula is C18H22O2. The minimum atomic E-state index is -0.255. The molecule has 1 aliphatic heterocycles. The van der Waals surface area contributed by atoms with E-state index in [2.05, 4.69) is 70.2 Å². The van der Waals surface area contributed by atoms with Crippen LogP contribution in [0.1, 0.15) is 33.3 Å². The molecule has 0 unspecified atom stereocenters. The Bertz CT molecular complexity index is 612. The second kappa shape index (κ2) is 4.57. The third-order valence-electron chi connectivity index (χ3n) is 4.52. The number of benzene rings is 2. The molecule has 1 heterocycles. The standard InChI is InChI=1S/C18H22O2/c1-17(2)18(3,4)20-16(19-17)12-13-9-10-14-7-5-6-8-15(14)11-13/h5-11,16H,12H2,1-4H3. The van der Waals surface area contributed by atoms with Gasteiger partial charge in [0.2, 0.25) is 0 Å². The minimum Gasteiger partial charge on any atom is -0.343 e. The van der Waals surface area contributed by atoms with Crippen LogP contribution in [0.2, 0.25) is 0 Å².